The first-order valence-corrected chi connectivity index (χ1v) is 13.7. The minimum atomic E-state index is -6.14. The molecule has 0 radical (unpaired) electrons. The van der Waals surface area contributed by atoms with Crippen molar-refractivity contribution in [1.82, 2.24) is 24.6 Å². The number of imidazole rings is 1. The van der Waals surface area contributed by atoms with Crippen LogP contribution in [0.15, 0.2) is 67.1 Å². The summed E-state index contributed by atoms with van der Waals surface area (Å²) in [5, 5.41) is 11.0. The van der Waals surface area contributed by atoms with Crippen LogP contribution in [0.1, 0.15) is 0 Å². The van der Waals surface area contributed by atoms with Gasteiger partial charge in [-0.1, -0.05) is 17.7 Å². The fourth-order valence-electron chi connectivity index (χ4n) is 4.09. The number of anilines is 3. The molecule has 3 N–H and O–H groups in total. The molecule has 44 heavy (non-hydrogen) atoms. The Morgan fingerprint density at radius 3 is 2.43 bits per heavy atom. The van der Waals surface area contributed by atoms with Gasteiger partial charge < -0.3 is 15.6 Å². The third-order valence-corrected chi connectivity index (χ3v) is 7.78. The van der Waals surface area contributed by atoms with Crippen molar-refractivity contribution in [2.75, 3.05) is 10.0 Å². The van der Waals surface area contributed by atoms with Crippen molar-refractivity contribution in [2.24, 2.45) is 0 Å². The highest BCUT2D eigenvalue weighted by Gasteiger charge is 2.51. The molecule has 228 valence electrons. The Morgan fingerprint density at radius 2 is 1.77 bits per heavy atom. The smallest absolute Gasteiger partial charge is 0.468 e. The zero-order valence-corrected chi connectivity index (χ0v) is 23.0. The van der Waals surface area contributed by atoms with Gasteiger partial charge in [0.1, 0.15) is 11.4 Å². The normalized spacial score (nSPS) is 12.1. The largest absolute Gasteiger partial charge is 0.503 e. The first-order chi connectivity index (χ1) is 20.7. The van der Waals surface area contributed by atoms with Crippen LogP contribution in [0.5, 0.6) is 11.5 Å². The summed E-state index contributed by atoms with van der Waals surface area (Å²) >= 11 is 6.13. The average Bonchev–Trinajstić information content (AvgIpc) is 3.30. The summed E-state index contributed by atoms with van der Waals surface area (Å²) in [7, 11) is -6.14. The van der Waals surface area contributed by atoms with Crippen LogP contribution < -0.4 is 14.8 Å². The molecule has 0 saturated carbocycles. The van der Waals surface area contributed by atoms with E-state index in [1.54, 1.807) is 12.1 Å². The Hall–Kier alpha value is -5.10. The topological polar surface area (TPSA) is 166 Å². The lowest BCUT2D eigenvalue weighted by Crippen LogP contribution is -2.40. The first kappa shape index (κ1) is 30.4. The molecule has 1 aromatic carbocycles. The Bertz CT molecular complexity index is 2010. The molecule has 4 heterocycles. The number of nitrogen functional groups attached to an aromatic ring is 1. The minimum Gasteiger partial charge on any atom is -0.503 e. The van der Waals surface area contributed by atoms with Gasteiger partial charge in [0.15, 0.2) is 28.1 Å². The van der Waals surface area contributed by atoms with Crippen molar-refractivity contribution < 1.29 is 45.0 Å². The quantitative estimate of drug-likeness (QED) is 0.181. The Kier molecular flexibility index (Phi) is 7.72. The maximum atomic E-state index is 13.4. The molecule has 0 unspecified atom stereocenters. The second-order valence-corrected chi connectivity index (χ2v) is 10.7. The second-order valence-electron chi connectivity index (χ2n) is 8.66. The summed E-state index contributed by atoms with van der Waals surface area (Å²) in [6.45, 7) is -3.51. The summed E-state index contributed by atoms with van der Waals surface area (Å²) in [6.07, 6.45) is -1.82. The van der Waals surface area contributed by atoms with Gasteiger partial charge in [0, 0.05) is 29.7 Å². The fourth-order valence-corrected chi connectivity index (χ4v) is 5.59. The van der Waals surface area contributed by atoms with Gasteiger partial charge in [0.2, 0.25) is 0 Å². The van der Waals surface area contributed by atoms with E-state index >= 15 is 0 Å². The molecule has 12 nitrogen and oxygen atoms in total. The number of pyridine rings is 2. The van der Waals surface area contributed by atoms with Crippen molar-refractivity contribution in [2.45, 2.75) is 12.8 Å². The van der Waals surface area contributed by atoms with Crippen LogP contribution in [0.3, 0.4) is 0 Å². The number of aromatic nitrogens is 5. The summed E-state index contributed by atoms with van der Waals surface area (Å²) in [5.74, 6) is -2.26. The molecule has 19 heteroatoms. The number of hydrogen-bond acceptors (Lipinski definition) is 10. The number of carbonyl (C=O) groups excluding carboxylic acids is 1. The predicted octanol–water partition coefficient (Wildman–Crippen LogP) is 4.95. The molecule has 4 aromatic heterocycles. The molecule has 0 fully saturated rings. The van der Waals surface area contributed by atoms with Crippen LogP contribution in [0.4, 0.5) is 39.1 Å². The maximum Gasteiger partial charge on any atom is 0.468 e. The monoisotopic (exact) mass is 655 g/mol. The van der Waals surface area contributed by atoms with Crippen molar-refractivity contribution >= 4 is 49.6 Å². The van der Waals surface area contributed by atoms with E-state index in [1.807, 2.05) is 0 Å². The molecule has 0 aliphatic carbocycles. The van der Waals surface area contributed by atoms with Crippen LogP contribution in [-0.2, 0) is 14.8 Å². The number of sulfonamides is 1. The Balaban J connectivity index is 1.73. The molecule has 0 amide bonds. The lowest BCUT2D eigenvalue weighted by atomic mass is 10.2. The highest BCUT2D eigenvalue weighted by Crippen LogP contribution is 2.45. The van der Waals surface area contributed by atoms with Crippen molar-refractivity contribution in [1.29, 1.82) is 0 Å². The number of phenols is 1. The standard InChI is InChI=1S/C25H15ClF5N7O5S/c26-21-16(38(44(41,42)23(40)25(29,30)31)15-2-1-3-17(20(15)39)43-24(27)28)10-13(11-34-21)14-4-5-18-35-22(32)19(37(18)36-14)12-6-8-33-9-7-12/h1-11,24,39H,32H2. The van der Waals surface area contributed by atoms with Crippen molar-refractivity contribution in [3.05, 3.63) is 72.3 Å². The lowest BCUT2D eigenvalue weighted by Gasteiger charge is -2.26. The van der Waals surface area contributed by atoms with Crippen molar-refractivity contribution in [3.8, 4) is 34.0 Å². The number of aromatic hydroxyl groups is 1. The van der Waals surface area contributed by atoms with Gasteiger partial charge in [-0.2, -0.15) is 35.5 Å². The third-order valence-electron chi connectivity index (χ3n) is 5.91. The zero-order chi connectivity index (χ0) is 32.0. The summed E-state index contributed by atoms with van der Waals surface area (Å²) < 4.78 is 97.7. The number of nitrogens with zero attached hydrogens (tertiary/aromatic N) is 6. The molecular formula is C25H15ClF5N7O5S. The van der Waals surface area contributed by atoms with Gasteiger partial charge in [-0.05, 0) is 42.5 Å². The molecule has 0 bridgehead atoms. The first-order valence-electron chi connectivity index (χ1n) is 11.8. The summed E-state index contributed by atoms with van der Waals surface area (Å²) in [5.41, 5.74) is 5.38. The van der Waals surface area contributed by atoms with Crippen LogP contribution in [-0.4, -0.2) is 56.0 Å². The molecule has 0 spiro atoms. The SMILES string of the molecule is Nc1nc2ccc(-c3cnc(Cl)c(N(c4cccc(OC(F)F)c4O)S(=O)(=O)C(=O)C(F)(F)F)c3)nn2c1-c1ccncc1. The summed E-state index contributed by atoms with van der Waals surface area (Å²) in [4.78, 5) is 24.2. The van der Waals surface area contributed by atoms with Gasteiger partial charge in [-0.15, -0.1) is 0 Å². The predicted molar refractivity (Wildman–Crippen MR) is 146 cm³/mol. The Morgan fingerprint density at radius 1 is 1.07 bits per heavy atom. The molecule has 0 atom stereocenters. The van der Waals surface area contributed by atoms with E-state index in [1.165, 1.54) is 29.0 Å². The second kappa shape index (κ2) is 11.2. The molecular weight excluding hydrogens is 641 g/mol. The number of fused-ring (bicyclic) bond motifs is 1. The van der Waals surface area contributed by atoms with Gasteiger partial charge >= 0.3 is 27.9 Å². The number of carbonyl (C=O) groups is 1. The number of benzene rings is 1. The van der Waals surface area contributed by atoms with E-state index in [0.29, 0.717) is 16.9 Å². The van der Waals surface area contributed by atoms with E-state index in [2.05, 4.69) is 24.8 Å². The number of ether oxygens (including phenoxy) is 1. The van der Waals surface area contributed by atoms with E-state index in [4.69, 9.17) is 17.3 Å². The van der Waals surface area contributed by atoms with Gasteiger partial charge in [-0.3, -0.25) is 9.78 Å². The number of rotatable bonds is 7. The number of phenolic OH excluding ortho intramolecular Hbond substituents is 1. The summed E-state index contributed by atoms with van der Waals surface area (Å²) in [6, 6.07) is 9.47. The van der Waals surface area contributed by atoms with Crippen LogP contribution in [0, 0.1) is 0 Å². The minimum absolute atomic E-state index is 0.0432. The number of nitrogens with two attached hydrogens (primary N) is 1. The number of alkyl halides is 5. The molecule has 0 aliphatic heterocycles. The number of hydrogen-bond donors (Lipinski definition) is 2. The maximum absolute atomic E-state index is 13.4. The molecule has 0 aliphatic rings. The highest BCUT2D eigenvalue weighted by molar-refractivity contribution is 8.07. The average molecular weight is 656 g/mol. The number of para-hydroxylation sites is 1. The third kappa shape index (κ3) is 5.51. The molecule has 5 aromatic rings. The Labute approximate surface area is 248 Å². The van der Waals surface area contributed by atoms with Gasteiger partial charge in [0.25, 0.3) is 0 Å². The van der Waals surface area contributed by atoms with Gasteiger partial charge in [-0.25, -0.2) is 18.8 Å². The number of halogens is 6. The van der Waals surface area contributed by atoms with E-state index in [9.17, 15) is 40.3 Å². The molecule has 5 rings (SSSR count). The van der Waals surface area contributed by atoms with Crippen molar-refractivity contribution in [3.63, 3.8) is 0 Å². The van der Waals surface area contributed by atoms with Gasteiger partial charge in [0.05, 0.1) is 11.4 Å². The van der Waals surface area contributed by atoms with E-state index < -0.39 is 56.0 Å². The fraction of sp³-hybridized carbons (Fsp3) is 0.0800. The van der Waals surface area contributed by atoms with Crippen LogP contribution in [0.2, 0.25) is 5.15 Å². The van der Waals surface area contributed by atoms with E-state index in [0.717, 1.165) is 30.5 Å². The lowest BCUT2D eigenvalue weighted by molar-refractivity contribution is -0.161. The van der Waals surface area contributed by atoms with E-state index in [-0.39, 0.29) is 21.4 Å². The highest BCUT2D eigenvalue weighted by atomic mass is 35.5. The van der Waals surface area contributed by atoms with Crippen LogP contribution >= 0.6 is 11.6 Å². The van der Waals surface area contributed by atoms with Crippen LogP contribution in [0.25, 0.3) is 28.2 Å². The zero-order valence-electron chi connectivity index (χ0n) is 21.4. The molecule has 0 saturated heterocycles.